The third kappa shape index (κ3) is 2.87. The first-order valence-electron chi connectivity index (χ1n) is 8.25. The quantitative estimate of drug-likeness (QED) is 0.644. The molecule has 2 aromatic carbocycles. The number of nitro benzene ring substituents is 1. The van der Waals surface area contributed by atoms with Crippen molar-refractivity contribution in [2.45, 2.75) is 31.2 Å². The Morgan fingerprint density at radius 1 is 1.19 bits per heavy atom. The molecule has 134 valence electrons. The van der Waals surface area contributed by atoms with Crippen molar-refractivity contribution in [2.75, 3.05) is 10.6 Å². The molecule has 0 saturated heterocycles. The van der Waals surface area contributed by atoms with Gasteiger partial charge in [0.15, 0.2) is 0 Å². The average Bonchev–Trinajstić information content (AvgIpc) is 3.32. The lowest BCUT2D eigenvalue weighted by Gasteiger charge is -2.18. The lowest BCUT2D eigenvalue weighted by molar-refractivity contribution is -0.384. The molecule has 6 nitrogen and oxygen atoms in total. The van der Waals surface area contributed by atoms with Gasteiger partial charge in [-0.2, -0.15) is 0 Å². The van der Waals surface area contributed by atoms with Crippen molar-refractivity contribution >= 4 is 23.0 Å². The number of hydrogen-bond acceptors (Lipinski definition) is 4. The highest BCUT2D eigenvalue weighted by atomic mass is 19.1. The molecule has 0 unspecified atom stereocenters. The van der Waals surface area contributed by atoms with Crippen molar-refractivity contribution in [1.82, 2.24) is 0 Å². The standard InChI is InChI=1S/C18H15F2N3O3/c19-11-2-1-3-12(20)18(11)10-7-14(10)21-15-8-13-9(4-5-17(24)22-13)6-16(15)23(25)26/h1-3,6,8,10,14,21H,4-5,7H2,(H,22,24)/t10-,14+/m1/s1. The third-order valence-corrected chi connectivity index (χ3v) is 4.82. The second-order valence-corrected chi connectivity index (χ2v) is 6.56. The van der Waals surface area contributed by atoms with Crippen molar-refractivity contribution in [1.29, 1.82) is 0 Å². The normalized spacial score (nSPS) is 20.9. The molecule has 0 aromatic heterocycles. The van der Waals surface area contributed by atoms with E-state index in [1.807, 2.05) is 0 Å². The van der Waals surface area contributed by atoms with Gasteiger partial charge in [0, 0.05) is 35.7 Å². The minimum absolute atomic E-state index is 0.00100. The Bertz CT molecular complexity index is 912. The number of hydrogen-bond donors (Lipinski definition) is 2. The van der Waals surface area contributed by atoms with Crippen LogP contribution in [0.2, 0.25) is 0 Å². The van der Waals surface area contributed by atoms with Gasteiger partial charge in [-0.05, 0) is 36.6 Å². The number of amides is 1. The molecular weight excluding hydrogens is 344 g/mol. The van der Waals surface area contributed by atoms with E-state index in [2.05, 4.69) is 10.6 Å². The van der Waals surface area contributed by atoms with Crippen LogP contribution in [-0.4, -0.2) is 16.9 Å². The van der Waals surface area contributed by atoms with Gasteiger partial charge >= 0.3 is 0 Å². The SMILES string of the molecule is O=C1CCc2cc([N+](=O)[O-])c(N[C@H]3C[C@H]3c3c(F)cccc3F)cc2N1. The van der Waals surface area contributed by atoms with Crippen molar-refractivity contribution in [3.63, 3.8) is 0 Å². The van der Waals surface area contributed by atoms with E-state index in [4.69, 9.17) is 0 Å². The summed E-state index contributed by atoms with van der Waals surface area (Å²) in [6, 6.07) is 6.36. The number of anilines is 2. The molecule has 1 amide bonds. The van der Waals surface area contributed by atoms with Crippen LogP contribution in [-0.2, 0) is 11.2 Å². The van der Waals surface area contributed by atoms with Gasteiger partial charge in [0.25, 0.3) is 5.69 Å². The van der Waals surface area contributed by atoms with E-state index in [1.54, 1.807) is 0 Å². The number of nitrogens with zero attached hydrogens (tertiary/aromatic N) is 1. The number of carbonyl (C=O) groups excluding carboxylic acids is 1. The lowest BCUT2D eigenvalue weighted by Crippen LogP contribution is -2.19. The van der Waals surface area contributed by atoms with E-state index in [0.29, 0.717) is 24.1 Å². The zero-order chi connectivity index (χ0) is 18.4. The van der Waals surface area contributed by atoms with E-state index in [-0.39, 0.29) is 41.2 Å². The summed E-state index contributed by atoms with van der Waals surface area (Å²) in [6.07, 6.45) is 1.20. The molecule has 1 aliphatic carbocycles. The number of nitrogens with one attached hydrogen (secondary N) is 2. The fraction of sp³-hybridized carbons (Fsp3) is 0.278. The molecule has 2 aliphatic rings. The summed E-state index contributed by atoms with van der Waals surface area (Å²) >= 11 is 0. The van der Waals surface area contributed by atoms with Crippen LogP contribution in [0.15, 0.2) is 30.3 Å². The summed E-state index contributed by atoms with van der Waals surface area (Å²) < 4.78 is 27.8. The topological polar surface area (TPSA) is 84.3 Å². The van der Waals surface area contributed by atoms with Gasteiger partial charge in [-0.3, -0.25) is 14.9 Å². The molecule has 2 N–H and O–H groups in total. The van der Waals surface area contributed by atoms with E-state index in [1.165, 1.54) is 30.3 Å². The van der Waals surface area contributed by atoms with Crippen LogP contribution >= 0.6 is 0 Å². The average molecular weight is 359 g/mol. The second-order valence-electron chi connectivity index (χ2n) is 6.56. The molecule has 0 bridgehead atoms. The van der Waals surface area contributed by atoms with E-state index in [0.717, 1.165) is 0 Å². The van der Waals surface area contributed by atoms with E-state index >= 15 is 0 Å². The Kier molecular flexibility index (Phi) is 3.82. The molecule has 1 saturated carbocycles. The highest BCUT2D eigenvalue weighted by Gasteiger charge is 2.42. The Hall–Kier alpha value is -3.03. The molecule has 1 heterocycles. The van der Waals surface area contributed by atoms with Crippen LogP contribution in [0.25, 0.3) is 0 Å². The molecule has 2 aromatic rings. The number of nitro groups is 1. The number of aryl methyl sites for hydroxylation is 1. The summed E-state index contributed by atoms with van der Waals surface area (Å²) in [6.45, 7) is 0. The highest BCUT2D eigenvalue weighted by molar-refractivity contribution is 5.95. The lowest BCUT2D eigenvalue weighted by atomic mass is 10.0. The first-order valence-corrected chi connectivity index (χ1v) is 8.25. The molecule has 4 rings (SSSR count). The summed E-state index contributed by atoms with van der Waals surface area (Å²) in [5, 5.41) is 17.1. The second kappa shape index (κ2) is 6.05. The number of rotatable bonds is 4. The summed E-state index contributed by atoms with van der Waals surface area (Å²) in [7, 11) is 0. The monoisotopic (exact) mass is 359 g/mol. The maximum Gasteiger partial charge on any atom is 0.292 e. The molecule has 1 aliphatic heterocycles. The smallest absolute Gasteiger partial charge is 0.292 e. The Morgan fingerprint density at radius 2 is 1.92 bits per heavy atom. The maximum absolute atomic E-state index is 13.9. The maximum atomic E-state index is 13.9. The Balaban J connectivity index is 1.62. The summed E-state index contributed by atoms with van der Waals surface area (Å²) in [5.41, 5.74) is 1.36. The van der Waals surface area contributed by atoms with Gasteiger partial charge < -0.3 is 10.6 Å². The van der Waals surface area contributed by atoms with Crippen molar-refractivity contribution in [3.05, 3.63) is 63.2 Å². The van der Waals surface area contributed by atoms with Crippen LogP contribution in [0.3, 0.4) is 0 Å². The van der Waals surface area contributed by atoms with Gasteiger partial charge in [-0.25, -0.2) is 8.78 Å². The highest BCUT2D eigenvalue weighted by Crippen LogP contribution is 2.46. The van der Waals surface area contributed by atoms with Gasteiger partial charge in [0.05, 0.1) is 4.92 Å². The Labute approximate surface area is 147 Å². The molecular formula is C18H15F2N3O3. The molecule has 0 spiro atoms. The number of benzene rings is 2. The summed E-state index contributed by atoms with van der Waals surface area (Å²) in [5.74, 6) is -1.77. The molecule has 1 fully saturated rings. The largest absolute Gasteiger partial charge is 0.376 e. The van der Waals surface area contributed by atoms with Crippen LogP contribution in [0.4, 0.5) is 25.8 Å². The van der Waals surface area contributed by atoms with Crippen molar-refractivity contribution in [3.8, 4) is 0 Å². The predicted octanol–water partition coefficient (Wildman–Crippen LogP) is 3.73. The first kappa shape index (κ1) is 16.4. The molecule has 0 radical (unpaired) electrons. The third-order valence-electron chi connectivity index (χ3n) is 4.82. The fourth-order valence-electron chi connectivity index (χ4n) is 3.42. The number of fused-ring (bicyclic) bond motifs is 1. The van der Waals surface area contributed by atoms with Crippen LogP contribution in [0, 0.1) is 21.7 Å². The molecule has 26 heavy (non-hydrogen) atoms. The van der Waals surface area contributed by atoms with Crippen molar-refractivity contribution < 1.29 is 18.5 Å². The summed E-state index contributed by atoms with van der Waals surface area (Å²) in [4.78, 5) is 22.4. The van der Waals surface area contributed by atoms with Crippen LogP contribution < -0.4 is 10.6 Å². The van der Waals surface area contributed by atoms with Gasteiger partial charge in [0.2, 0.25) is 5.91 Å². The van der Waals surface area contributed by atoms with Crippen LogP contribution in [0.1, 0.15) is 29.9 Å². The molecule has 2 atom stereocenters. The number of halogens is 2. The van der Waals surface area contributed by atoms with Crippen molar-refractivity contribution in [2.24, 2.45) is 0 Å². The van der Waals surface area contributed by atoms with Crippen LogP contribution in [0.5, 0.6) is 0 Å². The first-order chi connectivity index (χ1) is 12.4. The predicted molar refractivity (Wildman–Crippen MR) is 91.2 cm³/mol. The minimum Gasteiger partial charge on any atom is -0.376 e. The minimum atomic E-state index is -0.619. The van der Waals surface area contributed by atoms with Gasteiger partial charge in [-0.15, -0.1) is 0 Å². The van der Waals surface area contributed by atoms with Gasteiger partial charge in [0.1, 0.15) is 17.3 Å². The zero-order valence-electron chi connectivity index (χ0n) is 13.6. The zero-order valence-corrected chi connectivity index (χ0v) is 13.6. The fourth-order valence-corrected chi connectivity index (χ4v) is 3.42. The Morgan fingerprint density at radius 3 is 2.62 bits per heavy atom. The van der Waals surface area contributed by atoms with E-state index < -0.39 is 16.6 Å². The number of carbonyl (C=O) groups is 1. The molecule has 8 heteroatoms. The van der Waals surface area contributed by atoms with E-state index in [9.17, 15) is 23.7 Å². The van der Waals surface area contributed by atoms with Gasteiger partial charge in [-0.1, -0.05) is 6.07 Å².